The van der Waals surface area contributed by atoms with Crippen molar-refractivity contribution < 1.29 is 5.11 Å². The third kappa shape index (κ3) is 1.48. The minimum Gasteiger partial charge on any atom is -0.245 e. The SMILES string of the molecule is [O]Cc1nc2ccccc2nc1Cl. The maximum atomic E-state index is 10.6. The standard InChI is InChI=1S/C9H6ClN2O/c10-9-8(5-13)11-6-3-1-2-4-7(6)12-9/h1-4H,5H2. The Morgan fingerprint density at radius 1 is 1.15 bits per heavy atom. The second-order valence-corrected chi connectivity index (χ2v) is 2.95. The highest BCUT2D eigenvalue weighted by molar-refractivity contribution is 6.30. The van der Waals surface area contributed by atoms with E-state index in [1.54, 1.807) is 6.07 Å². The maximum Gasteiger partial charge on any atom is 0.153 e. The lowest BCUT2D eigenvalue weighted by molar-refractivity contribution is 0.174. The van der Waals surface area contributed by atoms with Crippen LogP contribution >= 0.6 is 11.6 Å². The Morgan fingerprint density at radius 3 is 2.38 bits per heavy atom. The van der Waals surface area contributed by atoms with Crippen LogP contribution in [0.2, 0.25) is 5.15 Å². The quantitative estimate of drug-likeness (QED) is 0.697. The van der Waals surface area contributed by atoms with Crippen molar-refractivity contribution in [3.63, 3.8) is 0 Å². The van der Waals surface area contributed by atoms with Gasteiger partial charge in [0.15, 0.2) is 5.15 Å². The average molecular weight is 194 g/mol. The van der Waals surface area contributed by atoms with E-state index in [0.717, 1.165) is 0 Å². The van der Waals surface area contributed by atoms with Crippen molar-refractivity contribution in [2.45, 2.75) is 6.61 Å². The van der Waals surface area contributed by atoms with Gasteiger partial charge in [0.25, 0.3) is 0 Å². The minimum absolute atomic E-state index is 0.203. The highest BCUT2D eigenvalue weighted by Gasteiger charge is 2.04. The van der Waals surface area contributed by atoms with E-state index < -0.39 is 6.61 Å². The molecule has 1 radical (unpaired) electrons. The van der Waals surface area contributed by atoms with Crippen molar-refractivity contribution in [3.8, 4) is 0 Å². The summed E-state index contributed by atoms with van der Waals surface area (Å²) in [6.07, 6.45) is 0. The molecule has 13 heavy (non-hydrogen) atoms. The van der Waals surface area contributed by atoms with E-state index in [2.05, 4.69) is 9.97 Å². The van der Waals surface area contributed by atoms with Crippen LogP contribution in [0.25, 0.3) is 11.0 Å². The van der Waals surface area contributed by atoms with Crippen LogP contribution in [-0.4, -0.2) is 9.97 Å². The molecule has 4 heteroatoms. The molecule has 3 nitrogen and oxygen atoms in total. The number of aromatic nitrogens is 2. The summed E-state index contributed by atoms with van der Waals surface area (Å²) < 4.78 is 0. The van der Waals surface area contributed by atoms with Crippen molar-refractivity contribution >= 4 is 22.6 Å². The van der Waals surface area contributed by atoms with Gasteiger partial charge in [-0.15, -0.1) is 0 Å². The molecule has 0 aliphatic carbocycles. The summed E-state index contributed by atoms with van der Waals surface area (Å²) in [6, 6.07) is 7.31. The fourth-order valence-electron chi connectivity index (χ4n) is 1.11. The van der Waals surface area contributed by atoms with E-state index in [-0.39, 0.29) is 5.15 Å². The molecule has 0 aliphatic rings. The molecular weight excluding hydrogens is 188 g/mol. The molecule has 2 aromatic rings. The summed E-state index contributed by atoms with van der Waals surface area (Å²) in [5.41, 5.74) is 1.72. The highest BCUT2D eigenvalue weighted by Crippen LogP contribution is 2.16. The maximum absolute atomic E-state index is 10.6. The van der Waals surface area contributed by atoms with Gasteiger partial charge < -0.3 is 0 Å². The topological polar surface area (TPSA) is 45.7 Å². The van der Waals surface area contributed by atoms with E-state index in [9.17, 15) is 5.11 Å². The number of halogens is 1. The van der Waals surface area contributed by atoms with Crippen LogP contribution < -0.4 is 0 Å². The van der Waals surface area contributed by atoms with Crippen LogP contribution in [0, 0.1) is 0 Å². The van der Waals surface area contributed by atoms with E-state index in [1.807, 2.05) is 18.2 Å². The summed E-state index contributed by atoms with van der Waals surface area (Å²) in [5.74, 6) is 0. The number of hydrogen-bond acceptors (Lipinski definition) is 2. The van der Waals surface area contributed by atoms with Crippen LogP contribution in [0.5, 0.6) is 0 Å². The molecule has 65 valence electrons. The van der Waals surface area contributed by atoms with E-state index in [0.29, 0.717) is 16.7 Å². The summed E-state index contributed by atoms with van der Waals surface area (Å²) in [6.45, 7) is -0.434. The molecule has 0 saturated carbocycles. The number of para-hydroxylation sites is 2. The average Bonchev–Trinajstić information content (AvgIpc) is 2.17. The van der Waals surface area contributed by atoms with E-state index >= 15 is 0 Å². The van der Waals surface area contributed by atoms with Gasteiger partial charge in [-0.05, 0) is 12.1 Å². The van der Waals surface area contributed by atoms with Gasteiger partial charge in [-0.3, -0.25) is 0 Å². The summed E-state index contributed by atoms with van der Waals surface area (Å²) in [7, 11) is 0. The molecule has 0 N–H and O–H groups in total. The highest BCUT2D eigenvalue weighted by atomic mass is 35.5. The normalized spacial score (nSPS) is 10.6. The fourth-order valence-corrected chi connectivity index (χ4v) is 1.29. The van der Waals surface area contributed by atoms with Crippen LogP contribution in [0.1, 0.15) is 5.69 Å². The van der Waals surface area contributed by atoms with Crippen LogP contribution in [0.3, 0.4) is 0 Å². The predicted molar refractivity (Wildman–Crippen MR) is 48.9 cm³/mol. The van der Waals surface area contributed by atoms with Gasteiger partial charge in [0.2, 0.25) is 0 Å². The van der Waals surface area contributed by atoms with Gasteiger partial charge in [-0.25, -0.2) is 15.1 Å². The smallest absolute Gasteiger partial charge is 0.153 e. The zero-order valence-electron chi connectivity index (χ0n) is 6.70. The van der Waals surface area contributed by atoms with Gasteiger partial charge in [-0.1, -0.05) is 23.7 Å². The Bertz CT molecular complexity index is 445. The van der Waals surface area contributed by atoms with Gasteiger partial charge in [0.05, 0.1) is 11.0 Å². The molecular formula is C9H6ClN2O. The van der Waals surface area contributed by atoms with Crippen LogP contribution in [-0.2, 0) is 11.7 Å². The first-order chi connectivity index (χ1) is 6.31. The van der Waals surface area contributed by atoms with Gasteiger partial charge in [0, 0.05) is 0 Å². The van der Waals surface area contributed by atoms with Crippen molar-refractivity contribution in [3.05, 3.63) is 35.1 Å². The van der Waals surface area contributed by atoms with E-state index in [1.165, 1.54) is 0 Å². The molecule has 1 heterocycles. The van der Waals surface area contributed by atoms with Crippen molar-refractivity contribution in [2.24, 2.45) is 0 Å². The second-order valence-electron chi connectivity index (χ2n) is 2.59. The predicted octanol–water partition coefficient (Wildman–Crippen LogP) is 2.21. The summed E-state index contributed by atoms with van der Waals surface area (Å²) in [5, 5.41) is 10.8. The zero-order valence-corrected chi connectivity index (χ0v) is 7.45. The van der Waals surface area contributed by atoms with Crippen molar-refractivity contribution in [1.29, 1.82) is 0 Å². The molecule has 0 unspecified atom stereocenters. The number of benzene rings is 1. The molecule has 0 aliphatic heterocycles. The van der Waals surface area contributed by atoms with Crippen molar-refractivity contribution in [2.75, 3.05) is 0 Å². The Balaban J connectivity index is 2.74. The molecule has 0 bridgehead atoms. The van der Waals surface area contributed by atoms with Crippen LogP contribution in [0.15, 0.2) is 24.3 Å². The molecule has 0 amide bonds. The monoisotopic (exact) mass is 193 g/mol. The van der Waals surface area contributed by atoms with E-state index in [4.69, 9.17) is 11.6 Å². The molecule has 1 aromatic carbocycles. The first-order valence-electron chi connectivity index (χ1n) is 3.80. The lowest BCUT2D eigenvalue weighted by Gasteiger charge is -2.00. The van der Waals surface area contributed by atoms with Gasteiger partial charge in [-0.2, -0.15) is 0 Å². The Morgan fingerprint density at radius 2 is 1.77 bits per heavy atom. The van der Waals surface area contributed by atoms with Crippen LogP contribution in [0.4, 0.5) is 0 Å². The zero-order chi connectivity index (χ0) is 9.26. The lowest BCUT2D eigenvalue weighted by atomic mass is 10.3. The number of nitrogens with zero attached hydrogens (tertiary/aromatic N) is 2. The Labute approximate surface area is 80.0 Å². The lowest BCUT2D eigenvalue weighted by Crippen LogP contribution is -1.93. The number of rotatable bonds is 1. The molecule has 0 fully saturated rings. The Hall–Kier alpha value is -1.19. The molecule has 2 rings (SSSR count). The third-order valence-corrected chi connectivity index (χ3v) is 2.03. The summed E-state index contributed by atoms with van der Waals surface area (Å²) >= 11 is 5.73. The summed E-state index contributed by atoms with van der Waals surface area (Å²) in [4.78, 5) is 8.14. The molecule has 1 aromatic heterocycles. The molecule has 0 atom stereocenters. The van der Waals surface area contributed by atoms with Gasteiger partial charge >= 0.3 is 0 Å². The van der Waals surface area contributed by atoms with Gasteiger partial charge in [0.1, 0.15) is 12.3 Å². The third-order valence-electron chi connectivity index (χ3n) is 1.73. The first-order valence-corrected chi connectivity index (χ1v) is 4.18. The fraction of sp³-hybridized carbons (Fsp3) is 0.111. The first kappa shape index (κ1) is 8.41. The number of fused-ring (bicyclic) bond motifs is 1. The minimum atomic E-state index is -0.434. The number of hydrogen-bond donors (Lipinski definition) is 0. The largest absolute Gasteiger partial charge is 0.245 e. The second kappa shape index (κ2) is 3.28. The Kier molecular flexibility index (Phi) is 2.12. The molecule has 0 spiro atoms. The van der Waals surface area contributed by atoms with Crippen molar-refractivity contribution in [1.82, 2.24) is 9.97 Å². The molecule has 0 saturated heterocycles.